The van der Waals surface area contributed by atoms with Crippen molar-refractivity contribution in [1.82, 2.24) is 24.6 Å². The fraction of sp³-hybridized carbons (Fsp3) is 0.222. The smallest absolute Gasteiger partial charge is 0.152 e. The quantitative estimate of drug-likeness (QED) is 0.317. The Hall–Kier alpha value is -3.49. The third kappa shape index (κ3) is 5.81. The van der Waals surface area contributed by atoms with Gasteiger partial charge in [0.05, 0.1) is 51.4 Å². The fourth-order valence-electron chi connectivity index (χ4n) is 4.34. The number of aromatic nitrogens is 4. The summed E-state index contributed by atoms with van der Waals surface area (Å²) in [7, 11) is -2.88. The largest absolute Gasteiger partial charge is 0.339 e. The van der Waals surface area contributed by atoms with Crippen molar-refractivity contribution in [3.63, 3.8) is 0 Å². The number of rotatable bonds is 5. The van der Waals surface area contributed by atoms with Gasteiger partial charge in [-0.3, -0.25) is 9.58 Å². The van der Waals surface area contributed by atoms with E-state index in [0.717, 1.165) is 44.0 Å². The molecule has 194 valence electrons. The van der Waals surface area contributed by atoms with E-state index in [-0.39, 0.29) is 23.9 Å². The first-order valence-electron chi connectivity index (χ1n) is 12.0. The monoisotopic (exact) mass is 564 g/mol. The van der Waals surface area contributed by atoms with Crippen molar-refractivity contribution in [3.8, 4) is 11.8 Å². The molecule has 0 bridgehead atoms. The molecule has 0 unspecified atom stereocenters. The molecule has 8 nitrogen and oxygen atoms in total. The second kappa shape index (κ2) is 11.1. The second-order valence-corrected chi connectivity index (χ2v) is 12.3. The van der Waals surface area contributed by atoms with Gasteiger partial charge in [0.2, 0.25) is 0 Å². The number of nitrogens with zero attached hydrogens (tertiary/aromatic N) is 5. The highest BCUT2D eigenvalue weighted by molar-refractivity contribution is 7.91. The lowest BCUT2D eigenvalue weighted by Gasteiger charge is -2.24. The van der Waals surface area contributed by atoms with Crippen LogP contribution in [0.4, 0.5) is 11.5 Å². The van der Waals surface area contributed by atoms with Gasteiger partial charge in [0.25, 0.3) is 0 Å². The molecule has 1 aliphatic rings. The van der Waals surface area contributed by atoms with Gasteiger partial charge in [-0.2, -0.15) is 5.10 Å². The SMILES string of the molecule is Cl.O=S1(=O)CCN(CC#Cc2cc3ncnc(Nc4ccc5c(cnn5Cc5ccccc5)c4)c3s2)CC1. The van der Waals surface area contributed by atoms with Crippen LogP contribution in [0.5, 0.6) is 0 Å². The molecule has 6 rings (SSSR count). The van der Waals surface area contributed by atoms with Crippen molar-refractivity contribution in [2.24, 2.45) is 0 Å². The summed E-state index contributed by atoms with van der Waals surface area (Å²) < 4.78 is 26.2. The Balaban J connectivity index is 0.00000294. The third-order valence-electron chi connectivity index (χ3n) is 6.34. The van der Waals surface area contributed by atoms with Crippen LogP contribution >= 0.6 is 23.7 Å². The summed E-state index contributed by atoms with van der Waals surface area (Å²) in [5, 5.41) is 9.06. The van der Waals surface area contributed by atoms with Gasteiger partial charge in [0.1, 0.15) is 6.33 Å². The van der Waals surface area contributed by atoms with Crippen LogP contribution in [-0.4, -0.2) is 64.2 Å². The van der Waals surface area contributed by atoms with E-state index in [0.29, 0.717) is 19.6 Å². The van der Waals surface area contributed by atoms with E-state index < -0.39 is 9.84 Å². The maximum Gasteiger partial charge on any atom is 0.152 e. The molecule has 0 atom stereocenters. The van der Waals surface area contributed by atoms with Gasteiger partial charge in [0, 0.05) is 24.2 Å². The first-order chi connectivity index (χ1) is 18.0. The molecule has 2 aromatic carbocycles. The summed E-state index contributed by atoms with van der Waals surface area (Å²) in [5.41, 5.74) is 4.04. The molecule has 0 saturated carbocycles. The number of thiophene rings is 1. The Kier molecular flexibility index (Phi) is 7.63. The van der Waals surface area contributed by atoms with Crippen LogP contribution in [0.2, 0.25) is 0 Å². The standard InChI is InChI=1S/C27H24N6O2S2.ClH/c34-37(35)13-11-32(12-14-37)10-4-7-23-16-24-26(36-23)27(29-19-28-24)31-22-8-9-25-21(15-22)17-30-33(25)18-20-5-2-1-3-6-20;/h1-3,5-6,8-9,15-17,19H,10-14,18H2,(H,28,29,31);1H. The van der Waals surface area contributed by atoms with Gasteiger partial charge in [-0.05, 0) is 29.8 Å². The average molecular weight is 565 g/mol. The molecule has 0 amide bonds. The molecular weight excluding hydrogens is 540 g/mol. The molecule has 38 heavy (non-hydrogen) atoms. The maximum absolute atomic E-state index is 11.6. The van der Waals surface area contributed by atoms with Crippen LogP contribution in [0.3, 0.4) is 0 Å². The average Bonchev–Trinajstić information content (AvgIpc) is 3.50. The molecule has 4 heterocycles. The second-order valence-electron chi connectivity index (χ2n) is 8.96. The van der Waals surface area contributed by atoms with E-state index >= 15 is 0 Å². The predicted octanol–water partition coefficient (Wildman–Crippen LogP) is 4.34. The lowest BCUT2D eigenvalue weighted by Crippen LogP contribution is -2.40. The molecule has 1 aliphatic heterocycles. The normalized spacial score (nSPS) is 15.1. The van der Waals surface area contributed by atoms with Crippen molar-refractivity contribution in [3.05, 3.63) is 77.6 Å². The number of nitrogens with one attached hydrogen (secondary N) is 1. The van der Waals surface area contributed by atoms with Crippen LogP contribution in [0.25, 0.3) is 21.1 Å². The highest BCUT2D eigenvalue weighted by atomic mass is 35.5. The minimum atomic E-state index is -2.88. The van der Waals surface area contributed by atoms with Gasteiger partial charge in [-0.25, -0.2) is 18.4 Å². The molecule has 1 saturated heterocycles. The van der Waals surface area contributed by atoms with Crippen molar-refractivity contribution < 1.29 is 8.42 Å². The lowest BCUT2D eigenvalue weighted by atomic mass is 10.2. The number of benzene rings is 2. The van der Waals surface area contributed by atoms with Crippen molar-refractivity contribution in [1.29, 1.82) is 0 Å². The van der Waals surface area contributed by atoms with Gasteiger partial charge < -0.3 is 5.32 Å². The Morgan fingerprint density at radius 3 is 2.66 bits per heavy atom. The molecule has 5 aromatic rings. The van der Waals surface area contributed by atoms with Gasteiger partial charge in [0.15, 0.2) is 15.7 Å². The molecule has 1 N–H and O–H groups in total. The van der Waals surface area contributed by atoms with Crippen LogP contribution in [-0.2, 0) is 16.4 Å². The first kappa shape index (κ1) is 26.1. The lowest BCUT2D eigenvalue weighted by molar-refractivity contribution is 0.332. The maximum atomic E-state index is 11.6. The molecule has 3 aromatic heterocycles. The molecule has 0 spiro atoms. The van der Waals surface area contributed by atoms with Crippen molar-refractivity contribution in [2.45, 2.75) is 6.54 Å². The molecule has 11 heteroatoms. The van der Waals surface area contributed by atoms with Crippen molar-refractivity contribution >= 4 is 66.2 Å². The molecule has 0 aliphatic carbocycles. The zero-order valence-corrected chi connectivity index (χ0v) is 22.8. The number of fused-ring (bicyclic) bond motifs is 2. The molecule has 0 radical (unpaired) electrons. The number of hydrogen-bond acceptors (Lipinski definition) is 8. The number of hydrogen-bond donors (Lipinski definition) is 1. The fourth-order valence-corrected chi connectivity index (χ4v) is 6.54. The van der Waals surface area contributed by atoms with Crippen LogP contribution in [0.1, 0.15) is 10.4 Å². The summed E-state index contributed by atoms with van der Waals surface area (Å²) in [6.45, 7) is 2.36. The summed E-state index contributed by atoms with van der Waals surface area (Å²) in [5.74, 6) is 7.55. The van der Waals surface area contributed by atoms with E-state index in [1.807, 2.05) is 41.2 Å². The number of anilines is 2. The first-order valence-corrected chi connectivity index (χ1v) is 14.6. The predicted molar refractivity (Wildman–Crippen MR) is 155 cm³/mol. The number of sulfone groups is 1. The van der Waals surface area contributed by atoms with Gasteiger partial charge in [-0.15, -0.1) is 23.7 Å². The Morgan fingerprint density at radius 1 is 1.03 bits per heavy atom. The zero-order chi connectivity index (χ0) is 25.2. The molecular formula is C27H25ClN6O2S2. The van der Waals surface area contributed by atoms with Gasteiger partial charge in [-0.1, -0.05) is 42.2 Å². The summed E-state index contributed by atoms with van der Waals surface area (Å²) in [6.07, 6.45) is 3.44. The summed E-state index contributed by atoms with van der Waals surface area (Å²) in [6, 6.07) is 18.4. The Morgan fingerprint density at radius 2 is 1.84 bits per heavy atom. The highest BCUT2D eigenvalue weighted by Gasteiger charge is 2.20. The van der Waals surface area contributed by atoms with Crippen LogP contribution in [0.15, 0.2) is 67.1 Å². The number of halogens is 1. The van der Waals surface area contributed by atoms with Crippen molar-refractivity contribution in [2.75, 3.05) is 36.5 Å². The minimum Gasteiger partial charge on any atom is -0.339 e. The highest BCUT2D eigenvalue weighted by Crippen LogP contribution is 2.31. The topological polar surface area (TPSA) is 93.0 Å². The van der Waals surface area contributed by atoms with E-state index in [9.17, 15) is 8.42 Å². The minimum absolute atomic E-state index is 0. The van der Waals surface area contributed by atoms with E-state index in [4.69, 9.17) is 0 Å². The zero-order valence-electron chi connectivity index (χ0n) is 20.4. The Labute approximate surface area is 231 Å². The van der Waals surface area contributed by atoms with E-state index in [1.165, 1.54) is 5.56 Å². The van der Waals surface area contributed by atoms with E-state index in [2.05, 4.69) is 61.4 Å². The summed E-state index contributed by atoms with van der Waals surface area (Å²) >= 11 is 1.55. The van der Waals surface area contributed by atoms with Gasteiger partial charge >= 0.3 is 0 Å². The van der Waals surface area contributed by atoms with Crippen LogP contribution < -0.4 is 5.32 Å². The molecule has 1 fully saturated rings. The van der Waals surface area contributed by atoms with Crippen LogP contribution in [0, 0.1) is 11.8 Å². The summed E-state index contributed by atoms with van der Waals surface area (Å²) in [4.78, 5) is 11.9. The van der Waals surface area contributed by atoms with E-state index in [1.54, 1.807) is 17.7 Å². The Bertz CT molecular complexity index is 1740. The third-order valence-corrected chi connectivity index (χ3v) is 9.00.